The third kappa shape index (κ3) is 7.14. The van der Waals surface area contributed by atoms with Gasteiger partial charge in [-0.05, 0) is 71.1 Å². The Morgan fingerprint density at radius 2 is 1.16 bits per heavy atom. The normalized spacial score (nSPS) is 12.9. The van der Waals surface area contributed by atoms with Gasteiger partial charge in [0.1, 0.15) is 0 Å². The second-order valence-corrected chi connectivity index (χ2v) is 14.2. The first kappa shape index (κ1) is 28.7. The topological polar surface area (TPSA) is 17.1 Å². The Balaban J connectivity index is 0.000000489. The molecule has 9 heteroatoms. The van der Waals surface area contributed by atoms with Crippen molar-refractivity contribution in [2.75, 3.05) is 0 Å². The van der Waals surface area contributed by atoms with Gasteiger partial charge in [-0.2, -0.15) is 0 Å². The third-order valence-electron chi connectivity index (χ3n) is 5.68. The second kappa shape index (κ2) is 10.9. The van der Waals surface area contributed by atoms with E-state index in [0.29, 0.717) is 5.92 Å². The number of rotatable bonds is 3. The molecule has 0 aliphatic carbocycles. The molecule has 1 aromatic heterocycles. The molecule has 1 nitrogen and oxygen atoms in total. The summed E-state index contributed by atoms with van der Waals surface area (Å²) in [6.45, 7) is 4.34. The number of benzene rings is 4. The first-order chi connectivity index (χ1) is 16.9. The van der Waals surface area contributed by atoms with Gasteiger partial charge in [-0.15, -0.1) is 0 Å². The van der Waals surface area contributed by atoms with Crippen LogP contribution in [0.2, 0.25) is 0 Å². The van der Waals surface area contributed by atoms with Gasteiger partial charge in [0, 0.05) is 10.5 Å². The molecule has 0 spiro atoms. The first-order valence-corrected chi connectivity index (χ1v) is 17.2. The number of fused-ring (bicyclic) bond motifs is 2. The van der Waals surface area contributed by atoms with Crippen molar-refractivity contribution >= 4 is 50.9 Å². The summed E-state index contributed by atoms with van der Waals surface area (Å²) >= 11 is -9.19. The van der Waals surface area contributed by atoms with E-state index in [2.05, 4.69) is 86.6 Å². The number of hydrogen-bond donors (Lipinski definition) is 0. The Kier molecular flexibility index (Phi) is 8.45. The zero-order valence-electron chi connectivity index (χ0n) is 19.8. The van der Waals surface area contributed by atoms with Crippen LogP contribution in [-0.2, 0) is 0 Å². The van der Waals surface area contributed by atoms with Gasteiger partial charge in [0.2, 0.25) is 5.43 Å². The van der Waals surface area contributed by atoms with Gasteiger partial charge in [0.15, 0.2) is 14.3 Å². The summed E-state index contributed by atoms with van der Waals surface area (Å²) in [7, 11) is -0.286. The molecule has 0 aliphatic heterocycles. The summed E-state index contributed by atoms with van der Waals surface area (Å²) in [6.07, 6.45) is 0. The van der Waals surface area contributed by atoms with Crippen LogP contribution in [-0.4, -0.2) is 20.3 Å². The van der Waals surface area contributed by atoms with E-state index in [1.165, 1.54) is 21.6 Å². The minimum atomic E-state index is -9.19. The predicted molar refractivity (Wildman–Crippen MR) is 142 cm³/mol. The first-order valence-electron chi connectivity index (χ1n) is 11.2. The maximum absolute atomic E-state index is 13.3. The fraction of sp³-hybridized carbons (Fsp3) is 0.107. The van der Waals surface area contributed by atoms with Gasteiger partial charge in [-0.3, -0.25) is 4.79 Å². The fourth-order valence-corrected chi connectivity index (χ4v) is 6.35. The molecule has 5 rings (SSSR count). The molecule has 0 saturated carbocycles. The van der Waals surface area contributed by atoms with E-state index in [-0.39, 0.29) is 20.6 Å². The van der Waals surface area contributed by atoms with Crippen molar-refractivity contribution < 1.29 is 18.8 Å². The van der Waals surface area contributed by atoms with Gasteiger partial charge in [-0.1, -0.05) is 62.4 Å². The van der Waals surface area contributed by atoms with Crippen LogP contribution in [0.5, 0.6) is 0 Å². The van der Waals surface area contributed by atoms with E-state index < -0.39 is 20.3 Å². The van der Waals surface area contributed by atoms with Crippen LogP contribution in [0.1, 0.15) is 25.3 Å². The molecule has 0 saturated heterocycles. The molecule has 4 aromatic carbocycles. The minimum absolute atomic E-state index is 0. The molecular formula is C28H23F6OSSb. The molecule has 1 atom stereocenters. The van der Waals surface area contributed by atoms with Crippen molar-refractivity contribution in [3.8, 4) is 16.0 Å². The molecule has 0 aliphatic rings. The summed E-state index contributed by atoms with van der Waals surface area (Å²) in [4.78, 5) is 14.5. The van der Waals surface area contributed by atoms with Gasteiger partial charge in [-0.25, -0.2) is 0 Å². The van der Waals surface area contributed by atoms with Crippen molar-refractivity contribution in [3.05, 3.63) is 113 Å². The Bertz CT molecular complexity index is 1570. The zero-order valence-corrected chi connectivity index (χ0v) is 23.2. The van der Waals surface area contributed by atoms with Crippen LogP contribution in [0, 0.1) is 0 Å². The van der Waals surface area contributed by atoms with Crippen LogP contribution < -0.4 is 10.1 Å². The van der Waals surface area contributed by atoms with Crippen LogP contribution in [0.3, 0.4) is 0 Å². The Morgan fingerprint density at radius 1 is 0.649 bits per heavy atom. The summed E-state index contributed by atoms with van der Waals surface area (Å²) in [5.41, 5.74) is 3.78. The van der Waals surface area contributed by atoms with Crippen LogP contribution in [0.25, 0.3) is 36.2 Å². The Hall–Kier alpha value is -2.83. The van der Waals surface area contributed by atoms with Crippen molar-refractivity contribution in [1.82, 2.24) is 0 Å². The van der Waals surface area contributed by atoms with E-state index >= 15 is 0 Å². The molecule has 5 aromatic rings. The maximum atomic E-state index is 13.3. The van der Waals surface area contributed by atoms with Gasteiger partial charge in [0.25, 0.3) is 0 Å². The number of hydrogen-bond acceptors (Lipinski definition) is 1. The average Bonchev–Trinajstić information content (AvgIpc) is 2.83. The third-order valence-corrected chi connectivity index (χ3v) is 8.02. The standard InChI is InChI=1S/C28H23OS.6FH.Sb/c1-19(2)22-14-17-27-25(18-22)28(29)24-10-6-7-11-26(24)30(27)23-15-12-21(13-16-23)20-8-4-3-5-9-20;;;;;;;/h3-19H,1-2H3;6*1H;/q+1;;;;;;;+5/p-6. The summed E-state index contributed by atoms with van der Waals surface area (Å²) < 4.78 is 51.8. The molecule has 0 radical (unpaired) electrons. The Labute approximate surface area is 217 Å². The quantitative estimate of drug-likeness (QED) is 0.0938. The van der Waals surface area contributed by atoms with E-state index in [9.17, 15) is 18.9 Å². The summed E-state index contributed by atoms with van der Waals surface area (Å²) in [5, 5.41) is 1.69. The molecule has 0 fully saturated rings. The van der Waals surface area contributed by atoms with Gasteiger partial charge in [0.05, 0.1) is 10.8 Å². The van der Waals surface area contributed by atoms with Gasteiger partial charge < -0.3 is 4.70 Å². The molecule has 194 valence electrons. The average molecular weight is 643 g/mol. The van der Waals surface area contributed by atoms with E-state index in [1.807, 2.05) is 24.3 Å². The van der Waals surface area contributed by atoms with Crippen molar-refractivity contribution in [2.24, 2.45) is 0 Å². The fourth-order valence-electron chi connectivity index (χ4n) is 4.03. The Morgan fingerprint density at radius 3 is 1.76 bits per heavy atom. The van der Waals surface area contributed by atoms with Crippen LogP contribution in [0.4, 0.5) is 14.1 Å². The molecule has 0 bridgehead atoms. The van der Waals surface area contributed by atoms with Crippen LogP contribution >= 0.6 is 10.5 Å². The predicted octanol–water partition coefficient (Wildman–Crippen LogP) is 6.61. The molecule has 1 heterocycles. The number of halogens is 6. The van der Waals surface area contributed by atoms with Gasteiger partial charge >= 0.3 is 34.4 Å². The van der Waals surface area contributed by atoms with Crippen molar-refractivity contribution in [2.45, 2.75) is 19.8 Å². The molecule has 0 N–H and O–H groups in total. The summed E-state index contributed by atoms with van der Waals surface area (Å²) in [5.74, 6) is 0.396. The SMILES string of the molecule is CC(C)c1ccc2c(c1)c(=O)c1ccccc1[s+]2-c1ccc(-c2ccccc2)cc1.[F-].[F][Sb]([F])([F])([F])[F]. The molecule has 1 unspecified atom stereocenters. The molecule has 37 heavy (non-hydrogen) atoms. The van der Waals surface area contributed by atoms with Crippen molar-refractivity contribution in [1.29, 1.82) is 0 Å². The zero-order chi connectivity index (χ0) is 26.1. The van der Waals surface area contributed by atoms with E-state index in [1.54, 1.807) is 0 Å². The van der Waals surface area contributed by atoms with Crippen molar-refractivity contribution in [3.63, 3.8) is 0 Å². The second-order valence-electron chi connectivity index (χ2n) is 8.57. The van der Waals surface area contributed by atoms with Crippen LogP contribution in [0.15, 0.2) is 102 Å². The monoisotopic (exact) mass is 642 g/mol. The summed E-state index contributed by atoms with van der Waals surface area (Å²) in [6, 6.07) is 33.8. The van der Waals surface area contributed by atoms with E-state index in [0.717, 1.165) is 20.2 Å². The molecule has 0 amide bonds. The molecular weight excluding hydrogens is 620 g/mol. The van der Waals surface area contributed by atoms with E-state index in [4.69, 9.17) is 0 Å².